The van der Waals surface area contributed by atoms with Crippen LogP contribution in [0.5, 0.6) is 6.01 Å². The Labute approximate surface area is 273 Å². The van der Waals surface area contributed by atoms with Gasteiger partial charge in [0.25, 0.3) is 6.01 Å². The Morgan fingerprint density at radius 2 is 1.74 bits per heavy atom. The molecule has 0 aliphatic heterocycles. The number of H-pyrrole nitrogens is 1. The summed E-state index contributed by atoms with van der Waals surface area (Å²) in [6.45, 7) is 3.88. The first-order chi connectivity index (χ1) is 20.4. The third-order valence-electron chi connectivity index (χ3n) is 6.62. The number of esters is 1. The quantitative estimate of drug-likeness (QED) is 0.185. The van der Waals surface area contributed by atoms with E-state index in [4.69, 9.17) is 18.3 Å². The molecule has 0 aliphatic carbocycles. The molecule has 0 aliphatic rings. The molecule has 1 N–H and O–H groups in total. The van der Waals surface area contributed by atoms with Crippen molar-refractivity contribution in [2.24, 2.45) is 0 Å². The third-order valence-corrected chi connectivity index (χ3v) is 6.62. The molecule has 43 heavy (non-hydrogen) atoms. The van der Waals surface area contributed by atoms with E-state index in [9.17, 15) is 14.4 Å². The van der Waals surface area contributed by atoms with Gasteiger partial charge in [0.15, 0.2) is 24.0 Å². The van der Waals surface area contributed by atoms with E-state index in [1.807, 2.05) is 60.0 Å². The number of carbonyl (C=O) groups excluding carboxylic acids is 1. The Morgan fingerprint density at radius 3 is 2.42 bits per heavy atom. The summed E-state index contributed by atoms with van der Waals surface area (Å²) in [5.74, 6) is -1.38. The van der Waals surface area contributed by atoms with E-state index in [0.29, 0.717) is 36.0 Å². The largest absolute Gasteiger partial charge is 0.519 e. The average Bonchev–Trinajstić information content (AvgIpc) is 3.68. The van der Waals surface area contributed by atoms with Crippen LogP contribution in [0.2, 0.25) is 0 Å². The predicted octanol–water partition coefficient (Wildman–Crippen LogP) is 4.32. The number of aryl methyl sites for hydroxylation is 1. The standard InChI is InChI=1S/C30H24N4O8.Ca/c1-3-38-28-31-23-10-6-9-22(27(35)39-16-24-17(2)40-30(37)41-24)25(23)34(28)15-18-11-13-19(14-12-18)20-7-4-5-8-21(20)26-32-29(36)42-33-26;/h4-14H,3,15-16H2,1-2H3,(H,32,33,36);. The van der Waals surface area contributed by atoms with Crippen LogP contribution in [0.1, 0.15) is 34.4 Å². The SMILES string of the molecule is CCOc1nc2cccc(C(=O)OCc3oc(=O)oc3C)c2n1Cc1ccc(-c2ccccc2-c2noc(=O)[nH]2)cc1.[Ca]. The fourth-order valence-corrected chi connectivity index (χ4v) is 4.69. The van der Waals surface area contributed by atoms with Crippen molar-refractivity contribution in [3.05, 3.63) is 111 Å². The number of aromatic amines is 1. The van der Waals surface area contributed by atoms with E-state index in [1.165, 1.54) is 0 Å². The van der Waals surface area contributed by atoms with E-state index < -0.39 is 17.5 Å². The molecule has 12 nitrogen and oxygen atoms in total. The first-order valence-corrected chi connectivity index (χ1v) is 13.0. The number of para-hydroxylation sites is 1. The van der Waals surface area contributed by atoms with Crippen molar-refractivity contribution in [2.75, 3.05) is 6.61 Å². The van der Waals surface area contributed by atoms with Crippen LogP contribution < -0.4 is 16.3 Å². The van der Waals surface area contributed by atoms with Crippen LogP contribution in [0.15, 0.2) is 89.7 Å². The minimum Gasteiger partial charge on any atom is -0.465 e. The Bertz CT molecular complexity index is 2020. The molecule has 0 bridgehead atoms. The molecule has 6 aromatic rings. The summed E-state index contributed by atoms with van der Waals surface area (Å²) in [6, 6.07) is 20.9. The number of ether oxygens (including phenoxy) is 2. The van der Waals surface area contributed by atoms with Crippen LogP contribution in [-0.2, 0) is 17.9 Å². The van der Waals surface area contributed by atoms with E-state index in [-0.39, 0.29) is 61.4 Å². The number of nitrogens with one attached hydrogen (secondary N) is 1. The summed E-state index contributed by atoms with van der Waals surface area (Å²) >= 11 is 0. The molecule has 0 amide bonds. The molecule has 0 saturated carbocycles. The molecule has 6 rings (SSSR count). The number of carbonyl (C=O) groups is 1. The molecule has 214 valence electrons. The Balaban J connectivity index is 0.00000368. The zero-order chi connectivity index (χ0) is 29.2. The van der Waals surface area contributed by atoms with Crippen molar-refractivity contribution in [1.29, 1.82) is 0 Å². The minimum atomic E-state index is -0.859. The van der Waals surface area contributed by atoms with Crippen LogP contribution in [0, 0.1) is 6.92 Å². The first kappa shape index (κ1) is 30.1. The molecule has 3 aromatic heterocycles. The molecule has 3 aromatic carbocycles. The van der Waals surface area contributed by atoms with E-state index in [0.717, 1.165) is 22.3 Å². The van der Waals surface area contributed by atoms with Crippen molar-refractivity contribution in [2.45, 2.75) is 27.0 Å². The van der Waals surface area contributed by atoms with Crippen LogP contribution in [0.25, 0.3) is 33.5 Å². The fraction of sp³-hybridized carbons (Fsp3) is 0.167. The molecule has 0 spiro atoms. The van der Waals surface area contributed by atoms with Gasteiger partial charge in [0, 0.05) is 43.3 Å². The monoisotopic (exact) mass is 608 g/mol. The van der Waals surface area contributed by atoms with Crippen molar-refractivity contribution < 1.29 is 27.6 Å². The fourth-order valence-electron chi connectivity index (χ4n) is 4.69. The van der Waals surface area contributed by atoms with Crippen LogP contribution in [0.3, 0.4) is 0 Å². The number of hydrogen-bond donors (Lipinski definition) is 1. The maximum Gasteiger partial charge on any atom is 0.519 e. The van der Waals surface area contributed by atoms with E-state index in [2.05, 4.69) is 19.6 Å². The summed E-state index contributed by atoms with van der Waals surface area (Å²) in [5.41, 5.74) is 4.80. The number of fused-ring (bicyclic) bond motifs is 1. The zero-order valence-electron chi connectivity index (χ0n) is 23.3. The second-order valence-electron chi connectivity index (χ2n) is 9.28. The summed E-state index contributed by atoms with van der Waals surface area (Å²) < 4.78 is 27.6. The van der Waals surface area contributed by atoms with Gasteiger partial charge >= 0.3 is 17.5 Å². The molecule has 3 heterocycles. The zero-order valence-corrected chi connectivity index (χ0v) is 25.5. The van der Waals surface area contributed by atoms with Crippen molar-refractivity contribution in [3.63, 3.8) is 0 Å². The number of hydrogen-bond acceptors (Lipinski definition) is 10. The average molecular weight is 609 g/mol. The topological polar surface area (TPSA) is 156 Å². The van der Waals surface area contributed by atoms with Crippen LogP contribution in [-0.4, -0.2) is 70.0 Å². The second kappa shape index (κ2) is 12.9. The number of aromatic nitrogens is 4. The number of benzene rings is 3. The van der Waals surface area contributed by atoms with Crippen molar-refractivity contribution >= 4 is 54.7 Å². The Hall–Kier alpha value is -4.39. The van der Waals surface area contributed by atoms with Gasteiger partial charge in [-0.1, -0.05) is 59.8 Å². The minimum absolute atomic E-state index is 0. The van der Waals surface area contributed by atoms with Gasteiger partial charge in [0.2, 0.25) is 0 Å². The van der Waals surface area contributed by atoms with Gasteiger partial charge in [-0.15, -0.1) is 0 Å². The van der Waals surface area contributed by atoms with Gasteiger partial charge < -0.3 is 18.3 Å². The normalized spacial score (nSPS) is 10.9. The van der Waals surface area contributed by atoms with Crippen LogP contribution >= 0.6 is 0 Å². The van der Waals surface area contributed by atoms with Gasteiger partial charge in [-0.3, -0.25) is 14.1 Å². The third kappa shape index (κ3) is 6.21. The smallest absolute Gasteiger partial charge is 0.465 e. The first-order valence-electron chi connectivity index (χ1n) is 13.0. The van der Waals surface area contributed by atoms with Crippen LogP contribution in [0.4, 0.5) is 0 Å². The van der Waals surface area contributed by atoms with Gasteiger partial charge in [-0.25, -0.2) is 14.4 Å². The maximum absolute atomic E-state index is 13.2. The van der Waals surface area contributed by atoms with Gasteiger partial charge in [-0.2, -0.15) is 4.98 Å². The summed E-state index contributed by atoms with van der Waals surface area (Å²) in [6.07, 6.45) is 0. The summed E-state index contributed by atoms with van der Waals surface area (Å²) in [4.78, 5) is 43.2. The number of rotatable bonds is 9. The number of nitrogens with zero attached hydrogens (tertiary/aromatic N) is 3. The number of imidazole rings is 1. The van der Waals surface area contributed by atoms with Gasteiger partial charge in [0.1, 0.15) is 0 Å². The Morgan fingerprint density at radius 1 is 0.977 bits per heavy atom. The molecular weight excluding hydrogens is 584 g/mol. The Kier molecular flexibility index (Phi) is 9.00. The molecule has 2 radical (unpaired) electrons. The van der Waals surface area contributed by atoms with E-state index >= 15 is 0 Å². The molecule has 0 unspecified atom stereocenters. The molecule has 0 fully saturated rings. The summed E-state index contributed by atoms with van der Waals surface area (Å²) in [5, 5.41) is 3.83. The van der Waals surface area contributed by atoms with E-state index in [1.54, 1.807) is 25.1 Å². The van der Waals surface area contributed by atoms with Crippen molar-refractivity contribution in [3.8, 4) is 28.5 Å². The van der Waals surface area contributed by atoms with Gasteiger partial charge in [-0.05, 0) is 42.7 Å². The maximum atomic E-state index is 13.2. The predicted molar refractivity (Wildman–Crippen MR) is 155 cm³/mol. The molecule has 0 atom stereocenters. The second-order valence-corrected chi connectivity index (χ2v) is 9.28. The van der Waals surface area contributed by atoms with Gasteiger partial charge in [0.05, 0.1) is 29.7 Å². The molecular formula is C30H24CaN4O8. The summed E-state index contributed by atoms with van der Waals surface area (Å²) in [7, 11) is 0. The molecule has 13 heteroatoms. The molecule has 0 saturated heterocycles. The van der Waals surface area contributed by atoms with Crippen molar-refractivity contribution in [1.82, 2.24) is 19.7 Å².